The third-order valence-corrected chi connectivity index (χ3v) is 3.95. The van der Waals surface area contributed by atoms with Gasteiger partial charge in [-0.15, -0.1) is 0 Å². The lowest BCUT2D eigenvalue weighted by Gasteiger charge is -2.28. The fourth-order valence-corrected chi connectivity index (χ4v) is 2.70. The van der Waals surface area contributed by atoms with E-state index >= 15 is 0 Å². The summed E-state index contributed by atoms with van der Waals surface area (Å²) >= 11 is 0. The molecule has 1 fully saturated rings. The Labute approximate surface area is 121 Å². The predicted octanol–water partition coefficient (Wildman–Crippen LogP) is 2.12. The van der Waals surface area contributed by atoms with E-state index in [1.165, 1.54) is 6.20 Å². The molecule has 3 rings (SSSR count). The maximum atomic E-state index is 13.8. The topological polar surface area (TPSA) is 86.0 Å². The maximum Gasteiger partial charge on any atom is 0.223 e. The highest BCUT2D eigenvalue weighted by Gasteiger charge is 2.21. The van der Waals surface area contributed by atoms with E-state index < -0.39 is 5.82 Å². The zero-order valence-corrected chi connectivity index (χ0v) is 11.8. The maximum absolute atomic E-state index is 13.8. The molecule has 0 bridgehead atoms. The van der Waals surface area contributed by atoms with Crippen molar-refractivity contribution in [2.75, 3.05) is 18.2 Å². The first kappa shape index (κ1) is 13.9. The third-order valence-electron chi connectivity index (χ3n) is 3.95. The molecule has 0 spiro atoms. The van der Waals surface area contributed by atoms with Crippen LogP contribution < -0.4 is 11.1 Å². The van der Waals surface area contributed by atoms with Crippen LogP contribution in [0.3, 0.4) is 0 Å². The third kappa shape index (κ3) is 2.87. The van der Waals surface area contributed by atoms with Gasteiger partial charge in [-0.25, -0.2) is 19.3 Å². The highest BCUT2D eigenvalue weighted by atomic mass is 19.1. The van der Waals surface area contributed by atoms with Crippen molar-refractivity contribution >= 4 is 22.7 Å². The van der Waals surface area contributed by atoms with Crippen LogP contribution in [0, 0.1) is 5.82 Å². The van der Waals surface area contributed by atoms with Gasteiger partial charge in [-0.3, -0.25) is 0 Å². The standard InChI is InChI=1S/C14H18FN5O/c1-21-9-4-2-8(3-5-9)19-14-18-6-10-12(20-14)11(15)7-17-13(10)16/h6-9H,2-5H2,1H3,(H2,16,17)(H,18,19,20). The first-order chi connectivity index (χ1) is 10.2. The summed E-state index contributed by atoms with van der Waals surface area (Å²) in [6, 6.07) is 0.288. The number of nitrogen functional groups attached to an aromatic ring is 1. The monoisotopic (exact) mass is 291 g/mol. The quantitative estimate of drug-likeness (QED) is 0.901. The molecule has 0 aliphatic heterocycles. The summed E-state index contributed by atoms with van der Waals surface area (Å²) in [5, 5.41) is 3.69. The molecule has 0 unspecified atom stereocenters. The lowest BCUT2D eigenvalue weighted by atomic mass is 9.93. The molecular formula is C14H18FN5O. The Morgan fingerprint density at radius 2 is 2.00 bits per heavy atom. The van der Waals surface area contributed by atoms with Crippen LogP contribution >= 0.6 is 0 Å². The van der Waals surface area contributed by atoms with Gasteiger partial charge >= 0.3 is 0 Å². The van der Waals surface area contributed by atoms with E-state index in [9.17, 15) is 4.39 Å². The van der Waals surface area contributed by atoms with Crippen molar-refractivity contribution in [3.63, 3.8) is 0 Å². The van der Waals surface area contributed by atoms with E-state index in [-0.39, 0.29) is 17.4 Å². The zero-order valence-electron chi connectivity index (χ0n) is 11.8. The second kappa shape index (κ2) is 5.77. The van der Waals surface area contributed by atoms with Gasteiger partial charge in [-0.05, 0) is 25.7 Å². The van der Waals surface area contributed by atoms with Crippen LogP contribution in [0.4, 0.5) is 16.2 Å². The van der Waals surface area contributed by atoms with Gasteiger partial charge in [0.25, 0.3) is 0 Å². The minimum Gasteiger partial charge on any atom is -0.383 e. The molecule has 0 aromatic carbocycles. The second-order valence-electron chi connectivity index (χ2n) is 5.30. The summed E-state index contributed by atoms with van der Waals surface area (Å²) in [5.41, 5.74) is 5.90. The van der Waals surface area contributed by atoms with Gasteiger partial charge in [0.05, 0.1) is 17.7 Å². The number of rotatable bonds is 3. The molecule has 2 aromatic heterocycles. The summed E-state index contributed by atoms with van der Waals surface area (Å²) in [7, 11) is 1.74. The Kier molecular flexibility index (Phi) is 3.83. The number of nitrogens with one attached hydrogen (secondary N) is 1. The van der Waals surface area contributed by atoms with Crippen LogP contribution in [0.15, 0.2) is 12.4 Å². The van der Waals surface area contributed by atoms with Crippen molar-refractivity contribution in [2.24, 2.45) is 0 Å². The van der Waals surface area contributed by atoms with Crippen LogP contribution in [0.1, 0.15) is 25.7 Å². The molecular weight excluding hydrogens is 273 g/mol. The van der Waals surface area contributed by atoms with Gasteiger partial charge in [-0.1, -0.05) is 0 Å². The van der Waals surface area contributed by atoms with Gasteiger partial charge in [-0.2, -0.15) is 0 Å². The molecule has 1 saturated carbocycles. The first-order valence-electron chi connectivity index (χ1n) is 7.03. The second-order valence-corrected chi connectivity index (χ2v) is 5.30. The molecule has 0 atom stereocenters. The van der Waals surface area contributed by atoms with E-state index in [4.69, 9.17) is 10.5 Å². The molecule has 112 valence electrons. The van der Waals surface area contributed by atoms with E-state index in [2.05, 4.69) is 20.3 Å². The first-order valence-corrected chi connectivity index (χ1v) is 7.03. The summed E-state index contributed by atoms with van der Waals surface area (Å²) in [6.07, 6.45) is 6.92. The zero-order chi connectivity index (χ0) is 14.8. The number of ether oxygens (including phenoxy) is 1. The van der Waals surface area contributed by atoms with E-state index in [0.717, 1.165) is 31.9 Å². The number of pyridine rings is 1. The number of nitrogens with zero attached hydrogens (tertiary/aromatic N) is 3. The Hall–Kier alpha value is -2.02. The van der Waals surface area contributed by atoms with Gasteiger partial charge in [0.15, 0.2) is 5.82 Å². The molecule has 1 aliphatic rings. The number of hydrogen-bond donors (Lipinski definition) is 2. The van der Waals surface area contributed by atoms with Crippen molar-refractivity contribution in [3.05, 3.63) is 18.2 Å². The number of methoxy groups -OCH3 is 1. The molecule has 2 heterocycles. The minimum atomic E-state index is -0.493. The van der Waals surface area contributed by atoms with Gasteiger partial charge < -0.3 is 15.8 Å². The minimum absolute atomic E-state index is 0.200. The summed E-state index contributed by atoms with van der Waals surface area (Å²) in [5.74, 6) is 0.166. The lowest BCUT2D eigenvalue weighted by Crippen LogP contribution is -2.29. The summed E-state index contributed by atoms with van der Waals surface area (Å²) < 4.78 is 19.1. The van der Waals surface area contributed by atoms with Crippen molar-refractivity contribution < 1.29 is 9.13 Å². The van der Waals surface area contributed by atoms with Crippen LogP contribution in [0.5, 0.6) is 0 Å². The van der Waals surface area contributed by atoms with Gasteiger partial charge in [0.1, 0.15) is 11.3 Å². The van der Waals surface area contributed by atoms with Crippen molar-refractivity contribution in [1.82, 2.24) is 15.0 Å². The molecule has 0 saturated heterocycles. The molecule has 2 aromatic rings. The Bertz CT molecular complexity index is 643. The van der Waals surface area contributed by atoms with Crippen molar-refractivity contribution in [2.45, 2.75) is 37.8 Å². The molecule has 21 heavy (non-hydrogen) atoms. The average molecular weight is 291 g/mol. The largest absolute Gasteiger partial charge is 0.383 e. The lowest BCUT2D eigenvalue weighted by molar-refractivity contribution is 0.0681. The van der Waals surface area contributed by atoms with Gasteiger partial charge in [0, 0.05) is 19.3 Å². The highest BCUT2D eigenvalue weighted by molar-refractivity contribution is 5.88. The number of halogens is 1. The molecule has 1 aliphatic carbocycles. The van der Waals surface area contributed by atoms with E-state index in [1.54, 1.807) is 7.11 Å². The molecule has 3 N–H and O–H groups in total. The predicted molar refractivity (Wildman–Crippen MR) is 78.4 cm³/mol. The number of nitrogens with two attached hydrogens (primary N) is 1. The molecule has 6 nitrogen and oxygen atoms in total. The number of fused-ring (bicyclic) bond motifs is 1. The van der Waals surface area contributed by atoms with Crippen LogP contribution in [-0.2, 0) is 4.74 Å². The van der Waals surface area contributed by atoms with Crippen LogP contribution in [-0.4, -0.2) is 34.2 Å². The highest BCUT2D eigenvalue weighted by Crippen LogP contribution is 2.24. The molecule has 7 heteroatoms. The summed E-state index contributed by atoms with van der Waals surface area (Å²) in [4.78, 5) is 12.2. The summed E-state index contributed by atoms with van der Waals surface area (Å²) in [6.45, 7) is 0. The van der Waals surface area contributed by atoms with Crippen molar-refractivity contribution in [3.8, 4) is 0 Å². The fourth-order valence-electron chi connectivity index (χ4n) is 2.70. The Morgan fingerprint density at radius 1 is 1.24 bits per heavy atom. The van der Waals surface area contributed by atoms with Gasteiger partial charge in [0.2, 0.25) is 5.95 Å². The average Bonchev–Trinajstić information content (AvgIpc) is 2.52. The van der Waals surface area contributed by atoms with Crippen LogP contribution in [0.25, 0.3) is 10.9 Å². The normalized spacial score (nSPS) is 22.4. The molecule has 0 radical (unpaired) electrons. The van der Waals surface area contributed by atoms with Crippen molar-refractivity contribution in [1.29, 1.82) is 0 Å². The van der Waals surface area contributed by atoms with E-state index in [0.29, 0.717) is 17.4 Å². The van der Waals surface area contributed by atoms with Crippen LogP contribution in [0.2, 0.25) is 0 Å². The molecule has 0 amide bonds. The SMILES string of the molecule is COC1CCC(Nc2ncc3c(N)ncc(F)c3n2)CC1. The Morgan fingerprint density at radius 3 is 2.71 bits per heavy atom. The number of hydrogen-bond acceptors (Lipinski definition) is 6. The number of anilines is 2. The Balaban J connectivity index is 1.78. The number of aromatic nitrogens is 3. The smallest absolute Gasteiger partial charge is 0.223 e. The fraction of sp³-hybridized carbons (Fsp3) is 0.500. The van der Waals surface area contributed by atoms with E-state index in [1.807, 2.05) is 0 Å².